The molecule has 0 amide bonds. The Morgan fingerprint density at radius 2 is 1.93 bits per heavy atom. The fourth-order valence-corrected chi connectivity index (χ4v) is 3.63. The van der Waals surface area contributed by atoms with Crippen LogP contribution in [0.2, 0.25) is 5.02 Å². The van der Waals surface area contributed by atoms with Gasteiger partial charge in [0.2, 0.25) is 0 Å². The van der Waals surface area contributed by atoms with Crippen molar-refractivity contribution in [3.8, 4) is 5.69 Å². The summed E-state index contributed by atoms with van der Waals surface area (Å²) in [5, 5.41) is 14.9. The molecule has 6 nitrogen and oxygen atoms in total. The molecule has 0 aliphatic heterocycles. The van der Waals surface area contributed by atoms with Gasteiger partial charge in [-0.1, -0.05) is 29.8 Å². The van der Waals surface area contributed by atoms with Crippen molar-refractivity contribution in [3.63, 3.8) is 0 Å². The summed E-state index contributed by atoms with van der Waals surface area (Å²) in [4.78, 5) is 15.9. The topological polar surface area (TPSA) is 79.5 Å². The van der Waals surface area contributed by atoms with Crippen molar-refractivity contribution in [2.45, 2.75) is 13.8 Å². The van der Waals surface area contributed by atoms with E-state index in [0.717, 1.165) is 33.5 Å². The molecule has 4 rings (SSSR count). The summed E-state index contributed by atoms with van der Waals surface area (Å²) in [5.41, 5.74) is 7.46. The Balaban J connectivity index is 1.60. The Bertz CT molecular complexity index is 1290. The number of pyridine rings is 1. The molecule has 0 spiro atoms. The zero-order valence-electron chi connectivity index (χ0n) is 16.4. The van der Waals surface area contributed by atoms with Crippen molar-refractivity contribution in [1.29, 1.82) is 0 Å². The standard InChI is InChI=1S/C23H19ClN4O2/c1-14-11-17(13-25-27-22-10-7-16-5-3-4-6-21(16)26-22)15(2)28(14)18-8-9-20(24)19(12-18)23(29)30/h3-13H,1-2H3,(H,26,27)(H,29,30)/b25-13-. The maximum absolute atomic E-state index is 11.4. The highest BCUT2D eigenvalue weighted by atomic mass is 35.5. The zero-order chi connectivity index (χ0) is 21.3. The molecule has 4 aromatic rings. The van der Waals surface area contributed by atoms with Crippen LogP contribution in [0.25, 0.3) is 16.6 Å². The maximum atomic E-state index is 11.4. The second-order valence-corrected chi connectivity index (χ2v) is 7.30. The first-order valence-electron chi connectivity index (χ1n) is 9.31. The predicted octanol–water partition coefficient (Wildman–Crippen LogP) is 5.44. The van der Waals surface area contributed by atoms with E-state index in [1.165, 1.54) is 0 Å². The van der Waals surface area contributed by atoms with E-state index in [1.54, 1.807) is 24.4 Å². The number of benzene rings is 2. The van der Waals surface area contributed by atoms with Gasteiger partial charge in [0, 0.05) is 28.0 Å². The third-order valence-electron chi connectivity index (χ3n) is 4.89. The molecule has 0 bridgehead atoms. The van der Waals surface area contributed by atoms with Gasteiger partial charge < -0.3 is 9.67 Å². The molecule has 0 atom stereocenters. The number of halogens is 1. The number of para-hydroxylation sites is 1. The van der Waals surface area contributed by atoms with Gasteiger partial charge in [-0.2, -0.15) is 5.10 Å². The number of carbonyl (C=O) groups is 1. The third kappa shape index (κ3) is 3.77. The van der Waals surface area contributed by atoms with Gasteiger partial charge in [0.25, 0.3) is 0 Å². The fraction of sp³-hybridized carbons (Fsp3) is 0.0870. The monoisotopic (exact) mass is 418 g/mol. The number of anilines is 1. The number of aryl methyl sites for hydroxylation is 1. The number of nitrogens with zero attached hydrogens (tertiary/aromatic N) is 3. The molecule has 0 saturated carbocycles. The van der Waals surface area contributed by atoms with E-state index >= 15 is 0 Å². The molecule has 0 aliphatic rings. The molecule has 0 radical (unpaired) electrons. The van der Waals surface area contributed by atoms with Crippen LogP contribution in [0.15, 0.2) is 65.8 Å². The minimum Gasteiger partial charge on any atom is -0.478 e. The van der Waals surface area contributed by atoms with E-state index in [1.807, 2.05) is 60.9 Å². The summed E-state index contributed by atoms with van der Waals surface area (Å²) < 4.78 is 1.97. The number of rotatable bonds is 5. The normalized spacial score (nSPS) is 11.3. The Morgan fingerprint density at radius 1 is 1.13 bits per heavy atom. The molecule has 0 aliphatic carbocycles. The van der Waals surface area contributed by atoms with Crippen molar-refractivity contribution in [1.82, 2.24) is 9.55 Å². The lowest BCUT2D eigenvalue weighted by Crippen LogP contribution is -2.04. The molecule has 30 heavy (non-hydrogen) atoms. The van der Waals surface area contributed by atoms with Gasteiger partial charge in [0.15, 0.2) is 0 Å². The second kappa shape index (κ2) is 8.00. The molecule has 0 unspecified atom stereocenters. The summed E-state index contributed by atoms with van der Waals surface area (Å²) in [5.74, 6) is -0.402. The van der Waals surface area contributed by atoms with Crippen molar-refractivity contribution in [2.24, 2.45) is 5.10 Å². The van der Waals surface area contributed by atoms with Crippen molar-refractivity contribution >= 4 is 40.5 Å². The quantitative estimate of drug-likeness (QED) is 0.334. The Morgan fingerprint density at radius 3 is 2.73 bits per heavy atom. The fourth-order valence-electron chi connectivity index (χ4n) is 3.43. The molecular weight excluding hydrogens is 400 g/mol. The average Bonchev–Trinajstić information content (AvgIpc) is 3.01. The van der Waals surface area contributed by atoms with Crippen LogP contribution in [0.4, 0.5) is 5.82 Å². The molecular formula is C23H19ClN4O2. The van der Waals surface area contributed by atoms with Crippen molar-refractivity contribution in [2.75, 3.05) is 5.43 Å². The van der Waals surface area contributed by atoms with Crippen LogP contribution in [0.1, 0.15) is 27.3 Å². The summed E-state index contributed by atoms with van der Waals surface area (Å²) in [6.07, 6.45) is 1.73. The third-order valence-corrected chi connectivity index (χ3v) is 5.22. The van der Waals surface area contributed by atoms with Crippen molar-refractivity contribution < 1.29 is 9.90 Å². The molecule has 150 valence electrons. The van der Waals surface area contributed by atoms with Crippen LogP contribution >= 0.6 is 11.6 Å². The zero-order valence-corrected chi connectivity index (χ0v) is 17.2. The number of hydrogen-bond acceptors (Lipinski definition) is 4. The molecule has 2 aromatic carbocycles. The van der Waals surface area contributed by atoms with Gasteiger partial charge in [-0.25, -0.2) is 9.78 Å². The van der Waals surface area contributed by atoms with E-state index in [-0.39, 0.29) is 10.6 Å². The number of aromatic nitrogens is 2. The van der Waals surface area contributed by atoms with Crippen LogP contribution in [0.3, 0.4) is 0 Å². The van der Waals surface area contributed by atoms with Gasteiger partial charge in [0.1, 0.15) is 5.82 Å². The first-order chi connectivity index (χ1) is 14.4. The second-order valence-electron chi connectivity index (χ2n) is 6.89. The molecule has 2 N–H and O–H groups in total. The van der Waals surface area contributed by atoms with Gasteiger partial charge in [0.05, 0.1) is 22.3 Å². The first-order valence-corrected chi connectivity index (χ1v) is 9.69. The van der Waals surface area contributed by atoms with Gasteiger partial charge in [-0.05, 0) is 56.3 Å². The highest BCUT2D eigenvalue weighted by molar-refractivity contribution is 6.33. The maximum Gasteiger partial charge on any atom is 0.337 e. The predicted molar refractivity (Wildman–Crippen MR) is 120 cm³/mol. The summed E-state index contributed by atoms with van der Waals surface area (Å²) in [6.45, 7) is 3.91. The van der Waals surface area contributed by atoms with E-state index < -0.39 is 5.97 Å². The highest BCUT2D eigenvalue weighted by Gasteiger charge is 2.14. The van der Waals surface area contributed by atoms with Crippen LogP contribution in [-0.2, 0) is 0 Å². The summed E-state index contributed by atoms with van der Waals surface area (Å²) >= 11 is 6.00. The number of nitrogens with one attached hydrogen (secondary N) is 1. The lowest BCUT2D eigenvalue weighted by Gasteiger charge is -2.11. The average molecular weight is 419 g/mol. The molecule has 0 fully saturated rings. The number of aromatic carboxylic acids is 1. The van der Waals surface area contributed by atoms with Crippen LogP contribution in [-0.4, -0.2) is 26.8 Å². The Kier molecular flexibility index (Phi) is 5.25. The molecule has 0 saturated heterocycles. The number of carboxylic acids is 1. The minimum atomic E-state index is -1.06. The van der Waals surface area contributed by atoms with Crippen LogP contribution < -0.4 is 5.43 Å². The summed E-state index contributed by atoms with van der Waals surface area (Å²) in [7, 11) is 0. The SMILES string of the molecule is Cc1cc(/C=N\Nc2ccc3ccccc3n2)c(C)n1-c1ccc(Cl)c(C(=O)O)c1. The van der Waals surface area contributed by atoms with Crippen molar-refractivity contribution in [3.05, 3.63) is 88.2 Å². The largest absolute Gasteiger partial charge is 0.478 e. The van der Waals surface area contributed by atoms with E-state index in [9.17, 15) is 9.90 Å². The number of carboxylic acid groups (broad SMARTS) is 1. The smallest absolute Gasteiger partial charge is 0.337 e. The molecule has 2 aromatic heterocycles. The van der Waals surface area contributed by atoms with Crippen LogP contribution in [0.5, 0.6) is 0 Å². The molecule has 7 heteroatoms. The van der Waals surface area contributed by atoms with E-state index in [4.69, 9.17) is 11.6 Å². The van der Waals surface area contributed by atoms with Crippen LogP contribution in [0, 0.1) is 13.8 Å². The first kappa shape index (κ1) is 19.7. The Hall–Kier alpha value is -3.64. The summed E-state index contributed by atoms with van der Waals surface area (Å²) in [6, 6.07) is 18.7. The Labute approximate surface area is 178 Å². The number of hydrazone groups is 1. The number of hydrogen-bond donors (Lipinski definition) is 2. The lowest BCUT2D eigenvalue weighted by atomic mass is 10.2. The van der Waals surface area contributed by atoms with E-state index in [2.05, 4.69) is 15.5 Å². The van der Waals surface area contributed by atoms with E-state index in [0.29, 0.717) is 5.82 Å². The lowest BCUT2D eigenvalue weighted by molar-refractivity contribution is 0.0697. The van der Waals surface area contributed by atoms with Gasteiger partial charge >= 0.3 is 5.97 Å². The van der Waals surface area contributed by atoms with Gasteiger partial charge in [-0.15, -0.1) is 0 Å². The molecule has 2 heterocycles. The number of fused-ring (bicyclic) bond motifs is 1. The highest BCUT2D eigenvalue weighted by Crippen LogP contribution is 2.24. The van der Waals surface area contributed by atoms with Gasteiger partial charge in [-0.3, -0.25) is 5.43 Å². The minimum absolute atomic E-state index is 0.0703.